The van der Waals surface area contributed by atoms with Crippen molar-refractivity contribution in [2.75, 3.05) is 0 Å². The SMILES string of the molecule is CC(C)c1ccc2c(c1)C(C)(C)c1ccccc1O2. The molecule has 0 unspecified atom stereocenters. The lowest BCUT2D eigenvalue weighted by molar-refractivity contribution is 0.417. The zero-order valence-corrected chi connectivity index (χ0v) is 12.0. The van der Waals surface area contributed by atoms with Gasteiger partial charge >= 0.3 is 0 Å². The largest absolute Gasteiger partial charge is 0.457 e. The molecule has 0 radical (unpaired) electrons. The van der Waals surface area contributed by atoms with Crippen molar-refractivity contribution in [3.63, 3.8) is 0 Å². The molecule has 1 aliphatic rings. The first kappa shape index (κ1) is 12.3. The van der Waals surface area contributed by atoms with Gasteiger partial charge < -0.3 is 4.74 Å². The van der Waals surface area contributed by atoms with Crippen LogP contribution in [0.3, 0.4) is 0 Å². The average Bonchev–Trinajstić information content (AvgIpc) is 2.38. The van der Waals surface area contributed by atoms with Gasteiger partial charge in [-0.15, -0.1) is 0 Å². The third kappa shape index (κ3) is 1.85. The van der Waals surface area contributed by atoms with E-state index in [1.54, 1.807) is 0 Å². The molecule has 0 N–H and O–H groups in total. The summed E-state index contributed by atoms with van der Waals surface area (Å²) in [6.07, 6.45) is 0. The average molecular weight is 252 g/mol. The predicted molar refractivity (Wildman–Crippen MR) is 79.2 cm³/mol. The summed E-state index contributed by atoms with van der Waals surface area (Å²) in [5, 5.41) is 0. The van der Waals surface area contributed by atoms with Crippen LogP contribution in [-0.2, 0) is 5.41 Å². The summed E-state index contributed by atoms with van der Waals surface area (Å²) in [6, 6.07) is 14.9. The van der Waals surface area contributed by atoms with Crippen molar-refractivity contribution in [2.24, 2.45) is 0 Å². The molecule has 0 aromatic heterocycles. The van der Waals surface area contributed by atoms with E-state index in [1.165, 1.54) is 16.7 Å². The topological polar surface area (TPSA) is 9.23 Å². The van der Waals surface area contributed by atoms with Crippen molar-refractivity contribution in [2.45, 2.75) is 39.0 Å². The van der Waals surface area contributed by atoms with Gasteiger partial charge in [-0.1, -0.05) is 58.0 Å². The summed E-state index contributed by atoms with van der Waals surface area (Å²) < 4.78 is 6.05. The number of para-hydroxylation sites is 1. The maximum Gasteiger partial charge on any atom is 0.131 e. The van der Waals surface area contributed by atoms with E-state index in [9.17, 15) is 0 Å². The zero-order valence-electron chi connectivity index (χ0n) is 12.0. The highest BCUT2D eigenvalue weighted by Gasteiger charge is 2.34. The fourth-order valence-electron chi connectivity index (χ4n) is 2.82. The smallest absolute Gasteiger partial charge is 0.131 e. The Morgan fingerprint density at radius 2 is 1.58 bits per heavy atom. The third-order valence-electron chi connectivity index (χ3n) is 4.12. The Morgan fingerprint density at radius 1 is 0.895 bits per heavy atom. The quantitative estimate of drug-likeness (QED) is 0.674. The van der Waals surface area contributed by atoms with Crippen LogP contribution in [0.15, 0.2) is 42.5 Å². The minimum atomic E-state index is -0.00488. The first-order valence-corrected chi connectivity index (χ1v) is 6.92. The van der Waals surface area contributed by atoms with Crippen LogP contribution in [0.25, 0.3) is 0 Å². The fraction of sp³-hybridized carbons (Fsp3) is 0.333. The number of ether oxygens (including phenoxy) is 1. The Hall–Kier alpha value is -1.76. The molecule has 2 aromatic rings. The van der Waals surface area contributed by atoms with Crippen LogP contribution in [0.5, 0.6) is 11.5 Å². The minimum Gasteiger partial charge on any atom is -0.457 e. The summed E-state index contributed by atoms with van der Waals surface area (Å²) >= 11 is 0. The molecular formula is C18H20O. The van der Waals surface area contributed by atoms with Gasteiger partial charge in [-0.05, 0) is 23.6 Å². The van der Waals surface area contributed by atoms with Crippen LogP contribution in [0.2, 0.25) is 0 Å². The number of hydrogen-bond donors (Lipinski definition) is 0. The van der Waals surface area contributed by atoms with Gasteiger partial charge in [0.1, 0.15) is 11.5 Å². The third-order valence-corrected chi connectivity index (χ3v) is 4.12. The molecular weight excluding hydrogens is 232 g/mol. The van der Waals surface area contributed by atoms with Gasteiger partial charge in [0.25, 0.3) is 0 Å². The van der Waals surface area contributed by atoms with Crippen LogP contribution in [0.4, 0.5) is 0 Å². The molecule has 98 valence electrons. The molecule has 1 heterocycles. The van der Waals surface area contributed by atoms with Gasteiger partial charge in [0, 0.05) is 16.5 Å². The fourth-order valence-corrected chi connectivity index (χ4v) is 2.82. The molecule has 0 saturated carbocycles. The van der Waals surface area contributed by atoms with E-state index in [4.69, 9.17) is 4.74 Å². The van der Waals surface area contributed by atoms with Gasteiger partial charge in [-0.25, -0.2) is 0 Å². The number of rotatable bonds is 1. The molecule has 1 aliphatic heterocycles. The van der Waals surface area contributed by atoms with E-state index in [1.807, 2.05) is 6.07 Å². The van der Waals surface area contributed by atoms with E-state index in [0.717, 1.165) is 11.5 Å². The molecule has 1 heteroatoms. The van der Waals surface area contributed by atoms with Crippen molar-refractivity contribution >= 4 is 0 Å². The second-order valence-corrected chi connectivity index (χ2v) is 6.13. The Balaban J connectivity index is 2.20. The Bertz CT molecular complexity index is 623. The first-order chi connectivity index (χ1) is 9.00. The highest BCUT2D eigenvalue weighted by atomic mass is 16.5. The van der Waals surface area contributed by atoms with Crippen molar-refractivity contribution in [3.05, 3.63) is 59.2 Å². The minimum absolute atomic E-state index is 0.00488. The van der Waals surface area contributed by atoms with E-state index < -0.39 is 0 Å². The highest BCUT2D eigenvalue weighted by molar-refractivity contribution is 5.57. The second-order valence-electron chi connectivity index (χ2n) is 6.13. The van der Waals surface area contributed by atoms with Gasteiger partial charge in [0.05, 0.1) is 0 Å². The molecule has 0 amide bonds. The van der Waals surface area contributed by atoms with Crippen molar-refractivity contribution in [1.82, 2.24) is 0 Å². The lowest BCUT2D eigenvalue weighted by atomic mass is 9.75. The van der Waals surface area contributed by atoms with E-state index >= 15 is 0 Å². The van der Waals surface area contributed by atoms with E-state index in [-0.39, 0.29) is 5.41 Å². The summed E-state index contributed by atoms with van der Waals surface area (Å²) in [7, 11) is 0. The molecule has 1 nitrogen and oxygen atoms in total. The maximum atomic E-state index is 6.05. The Morgan fingerprint density at radius 3 is 2.32 bits per heavy atom. The standard InChI is InChI=1S/C18H20O/c1-12(2)13-9-10-17-15(11-13)18(3,4)14-7-5-6-8-16(14)19-17/h5-12H,1-4H3. The molecule has 0 atom stereocenters. The molecule has 0 saturated heterocycles. The van der Waals surface area contributed by atoms with Crippen LogP contribution >= 0.6 is 0 Å². The normalized spacial score (nSPS) is 15.6. The summed E-state index contributed by atoms with van der Waals surface area (Å²) in [5.41, 5.74) is 3.92. The van der Waals surface area contributed by atoms with Gasteiger partial charge in [0.2, 0.25) is 0 Å². The van der Waals surface area contributed by atoms with Crippen LogP contribution < -0.4 is 4.74 Å². The van der Waals surface area contributed by atoms with Crippen molar-refractivity contribution in [1.29, 1.82) is 0 Å². The summed E-state index contributed by atoms with van der Waals surface area (Å²) in [4.78, 5) is 0. The lowest BCUT2D eigenvalue weighted by Crippen LogP contribution is -2.24. The molecule has 0 bridgehead atoms. The maximum absolute atomic E-state index is 6.05. The summed E-state index contributed by atoms with van der Waals surface area (Å²) in [5.74, 6) is 2.52. The predicted octanol–water partition coefficient (Wildman–Crippen LogP) is 5.24. The van der Waals surface area contributed by atoms with Crippen LogP contribution in [0, 0.1) is 0 Å². The van der Waals surface area contributed by atoms with Crippen molar-refractivity contribution in [3.8, 4) is 11.5 Å². The van der Waals surface area contributed by atoms with Crippen LogP contribution in [-0.4, -0.2) is 0 Å². The Labute approximate surface area is 115 Å². The highest BCUT2D eigenvalue weighted by Crippen LogP contribution is 2.48. The lowest BCUT2D eigenvalue weighted by Gasteiger charge is -2.35. The zero-order chi connectivity index (χ0) is 13.6. The molecule has 3 rings (SSSR count). The monoisotopic (exact) mass is 252 g/mol. The molecule has 0 aliphatic carbocycles. The van der Waals surface area contributed by atoms with Crippen LogP contribution in [0.1, 0.15) is 50.3 Å². The Kier molecular flexibility index (Phi) is 2.67. The molecule has 0 spiro atoms. The molecule has 0 fully saturated rings. The van der Waals surface area contributed by atoms with Gasteiger partial charge in [0.15, 0.2) is 0 Å². The first-order valence-electron chi connectivity index (χ1n) is 6.92. The number of hydrogen-bond acceptors (Lipinski definition) is 1. The number of fused-ring (bicyclic) bond motifs is 2. The van der Waals surface area contributed by atoms with E-state index in [0.29, 0.717) is 5.92 Å². The molecule has 19 heavy (non-hydrogen) atoms. The second kappa shape index (κ2) is 4.12. The summed E-state index contributed by atoms with van der Waals surface area (Å²) in [6.45, 7) is 9.01. The van der Waals surface area contributed by atoms with Gasteiger partial charge in [-0.3, -0.25) is 0 Å². The van der Waals surface area contributed by atoms with Gasteiger partial charge in [-0.2, -0.15) is 0 Å². The molecule has 2 aromatic carbocycles. The van der Waals surface area contributed by atoms with E-state index in [2.05, 4.69) is 64.1 Å². The number of benzene rings is 2. The van der Waals surface area contributed by atoms with Crippen molar-refractivity contribution < 1.29 is 4.74 Å².